The van der Waals surface area contributed by atoms with Gasteiger partial charge < -0.3 is 14.7 Å². The Morgan fingerprint density at radius 1 is 1.19 bits per heavy atom. The number of carbonyl (C=O) groups excluding carboxylic acids is 2. The standard InChI is InChI=1S/C20H27N5O2/c1-12(2)11-25-18(26)16-17(22(5)20(25)27)21-19-23(9-10-24(16)19)15-8-6-7-13(3)14(15)4/h6-8,12,16-17H,9-11H2,1-5H3. The predicted molar refractivity (Wildman–Crippen MR) is 105 cm³/mol. The fourth-order valence-electron chi connectivity index (χ4n) is 4.23. The van der Waals surface area contributed by atoms with Gasteiger partial charge in [0.15, 0.2) is 12.2 Å². The van der Waals surface area contributed by atoms with Crippen molar-refractivity contribution in [1.82, 2.24) is 14.7 Å². The minimum absolute atomic E-state index is 0.127. The van der Waals surface area contributed by atoms with Crippen LogP contribution in [0.2, 0.25) is 0 Å². The molecule has 0 N–H and O–H groups in total. The zero-order valence-electron chi connectivity index (χ0n) is 16.6. The van der Waals surface area contributed by atoms with Crippen LogP contribution >= 0.6 is 0 Å². The summed E-state index contributed by atoms with van der Waals surface area (Å²) < 4.78 is 0. The molecule has 0 saturated carbocycles. The second kappa shape index (κ2) is 6.25. The van der Waals surface area contributed by atoms with Crippen LogP contribution in [0.4, 0.5) is 10.5 Å². The van der Waals surface area contributed by atoms with E-state index in [-0.39, 0.29) is 17.9 Å². The van der Waals surface area contributed by atoms with E-state index in [9.17, 15) is 9.59 Å². The second-order valence-corrected chi connectivity index (χ2v) is 8.09. The first-order valence-corrected chi connectivity index (χ1v) is 9.57. The minimum atomic E-state index is -0.448. The summed E-state index contributed by atoms with van der Waals surface area (Å²) in [5.74, 6) is 0.908. The molecular weight excluding hydrogens is 342 g/mol. The van der Waals surface area contributed by atoms with Gasteiger partial charge in [-0.3, -0.25) is 9.69 Å². The number of benzene rings is 1. The van der Waals surface area contributed by atoms with Crippen molar-refractivity contribution < 1.29 is 9.59 Å². The molecule has 144 valence electrons. The van der Waals surface area contributed by atoms with Crippen LogP contribution in [0.5, 0.6) is 0 Å². The molecule has 0 bridgehead atoms. The number of imide groups is 1. The number of urea groups is 1. The lowest BCUT2D eigenvalue weighted by atomic mass is 10.1. The number of anilines is 1. The third kappa shape index (κ3) is 2.59. The van der Waals surface area contributed by atoms with Crippen molar-refractivity contribution in [2.45, 2.75) is 39.9 Å². The van der Waals surface area contributed by atoms with Crippen LogP contribution in [-0.2, 0) is 4.79 Å². The molecule has 0 aromatic heterocycles. The molecule has 7 nitrogen and oxygen atoms in total. The number of nitrogens with zero attached hydrogens (tertiary/aromatic N) is 5. The van der Waals surface area contributed by atoms with Gasteiger partial charge in [-0.2, -0.15) is 0 Å². The Bertz CT molecular complexity index is 834. The zero-order chi connectivity index (χ0) is 19.5. The Balaban J connectivity index is 1.69. The summed E-state index contributed by atoms with van der Waals surface area (Å²) in [5.41, 5.74) is 3.57. The molecule has 3 heterocycles. The summed E-state index contributed by atoms with van der Waals surface area (Å²) in [6, 6.07) is 5.57. The molecule has 0 spiro atoms. The third-order valence-corrected chi connectivity index (χ3v) is 5.79. The molecule has 7 heteroatoms. The normalized spacial score (nSPS) is 24.7. The molecule has 1 aromatic carbocycles. The fraction of sp³-hybridized carbons (Fsp3) is 0.550. The van der Waals surface area contributed by atoms with Gasteiger partial charge in [-0.25, -0.2) is 9.79 Å². The Labute approximate surface area is 160 Å². The number of likely N-dealkylation sites (N-methyl/N-ethyl adjacent to an activating group) is 1. The van der Waals surface area contributed by atoms with E-state index in [2.05, 4.69) is 35.8 Å². The number of fused-ring (bicyclic) bond motifs is 3. The maximum Gasteiger partial charge on any atom is 0.328 e. The van der Waals surface area contributed by atoms with E-state index >= 15 is 0 Å². The summed E-state index contributed by atoms with van der Waals surface area (Å²) >= 11 is 0. The van der Waals surface area contributed by atoms with Gasteiger partial charge in [-0.15, -0.1) is 0 Å². The van der Waals surface area contributed by atoms with Crippen LogP contribution in [0, 0.1) is 19.8 Å². The number of hydrogen-bond acceptors (Lipinski definition) is 5. The van der Waals surface area contributed by atoms with E-state index in [0.717, 1.165) is 24.7 Å². The summed E-state index contributed by atoms with van der Waals surface area (Å²) in [7, 11) is 1.74. The highest BCUT2D eigenvalue weighted by atomic mass is 16.2. The van der Waals surface area contributed by atoms with Crippen molar-refractivity contribution in [3.05, 3.63) is 29.3 Å². The van der Waals surface area contributed by atoms with Crippen molar-refractivity contribution in [3.8, 4) is 0 Å². The van der Waals surface area contributed by atoms with Gasteiger partial charge in [-0.05, 0) is 37.0 Å². The largest absolute Gasteiger partial charge is 0.328 e. The monoisotopic (exact) mass is 369 g/mol. The number of hydrogen-bond donors (Lipinski definition) is 0. The number of rotatable bonds is 3. The number of aryl methyl sites for hydroxylation is 1. The highest BCUT2D eigenvalue weighted by Gasteiger charge is 2.54. The molecule has 3 aliphatic rings. The van der Waals surface area contributed by atoms with Crippen LogP contribution in [0.3, 0.4) is 0 Å². The summed E-state index contributed by atoms with van der Waals surface area (Å²) in [4.78, 5) is 37.9. The molecule has 2 unspecified atom stereocenters. The van der Waals surface area contributed by atoms with E-state index in [0.29, 0.717) is 6.54 Å². The molecule has 0 aliphatic carbocycles. The van der Waals surface area contributed by atoms with E-state index in [1.165, 1.54) is 16.0 Å². The Kier molecular flexibility index (Phi) is 4.13. The summed E-state index contributed by atoms with van der Waals surface area (Å²) in [6.45, 7) is 10.2. The van der Waals surface area contributed by atoms with Crippen LogP contribution in [-0.4, -0.2) is 71.5 Å². The van der Waals surface area contributed by atoms with Gasteiger partial charge in [0.1, 0.15) is 0 Å². The number of guanidine groups is 1. The van der Waals surface area contributed by atoms with Crippen molar-refractivity contribution in [2.75, 3.05) is 31.6 Å². The number of amides is 3. The minimum Gasteiger partial charge on any atom is -0.325 e. The third-order valence-electron chi connectivity index (χ3n) is 5.79. The molecule has 1 aromatic rings. The van der Waals surface area contributed by atoms with Crippen molar-refractivity contribution in [2.24, 2.45) is 10.9 Å². The van der Waals surface area contributed by atoms with Gasteiger partial charge in [0.05, 0.1) is 0 Å². The number of aliphatic imine (C=N–C) groups is 1. The average Bonchev–Trinajstić information content (AvgIpc) is 3.18. The molecule has 2 saturated heterocycles. The summed E-state index contributed by atoms with van der Waals surface area (Å²) in [5, 5.41) is 0. The van der Waals surface area contributed by atoms with E-state index in [1.807, 2.05) is 19.9 Å². The molecule has 4 rings (SSSR count). The molecule has 2 fully saturated rings. The van der Waals surface area contributed by atoms with Crippen LogP contribution in [0.15, 0.2) is 23.2 Å². The second-order valence-electron chi connectivity index (χ2n) is 8.09. The van der Waals surface area contributed by atoms with Crippen molar-refractivity contribution in [1.29, 1.82) is 0 Å². The maximum absolute atomic E-state index is 13.2. The predicted octanol–water partition coefficient (Wildman–Crippen LogP) is 2.04. The molecular formula is C20H27N5O2. The highest BCUT2D eigenvalue weighted by Crippen LogP contribution is 2.35. The Morgan fingerprint density at radius 2 is 1.93 bits per heavy atom. The van der Waals surface area contributed by atoms with Crippen molar-refractivity contribution >= 4 is 23.6 Å². The van der Waals surface area contributed by atoms with Gasteiger partial charge in [0, 0.05) is 32.4 Å². The number of carbonyl (C=O) groups is 2. The van der Waals surface area contributed by atoms with Gasteiger partial charge in [0.2, 0.25) is 5.96 Å². The lowest BCUT2D eigenvalue weighted by molar-refractivity contribution is -0.137. The SMILES string of the molecule is Cc1cccc(N2CCN3C2=NC2C3C(=O)N(CC(C)C)C(=O)N2C)c1C. The fourth-order valence-corrected chi connectivity index (χ4v) is 4.23. The maximum atomic E-state index is 13.2. The van der Waals surface area contributed by atoms with Gasteiger partial charge in [-0.1, -0.05) is 26.0 Å². The van der Waals surface area contributed by atoms with Gasteiger partial charge >= 0.3 is 6.03 Å². The average molecular weight is 369 g/mol. The van der Waals surface area contributed by atoms with Crippen molar-refractivity contribution in [3.63, 3.8) is 0 Å². The van der Waals surface area contributed by atoms with Crippen LogP contribution in [0.25, 0.3) is 0 Å². The molecule has 0 radical (unpaired) electrons. The lowest BCUT2D eigenvalue weighted by Crippen LogP contribution is -2.65. The molecule has 3 amide bonds. The van der Waals surface area contributed by atoms with E-state index in [4.69, 9.17) is 4.99 Å². The topological polar surface area (TPSA) is 59.5 Å². The van der Waals surface area contributed by atoms with E-state index < -0.39 is 12.2 Å². The van der Waals surface area contributed by atoms with Crippen LogP contribution < -0.4 is 4.90 Å². The lowest BCUT2D eigenvalue weighted by Gasteiger charge is -2.41. The Morgan fingerprint density at radius 3 is 2.63 bits per heavy atom. The smallest absolute Gasteiger partial charge is 0.325 e. The first-order valence-electron chi connectivity index (χ1n) is 9.57. The Hall–Kier alpha value is -2.57. The molecule has 27 heavy (non-hydrogen) atoms. The van der Waals surface area contributed by atoms with Gasteiger partial charge in [0.25, 0.3) is 5.91 Å². The molecule has 3 aliphatic heterocycles. The first-order chi connectivity index (χ1) is 12.8. The van der Waals surface area contributed by atoms with E-state index in [1.54, 1.807) is 11.9 Å². The first kappa shape index (κ1) is 17.8. The quantitative estimate of drug-likeness (QED) is 0.818. The zero-order valence-corrected chi connectivity index (χ0v) is 16.6. The molecule has 2 atom stereocenters. The van der Waals surface area contributed by atoms with Crippen LogP contribution in [0.1, 0.15) is 25.0 Å². The highest BCUT2D eigenvalue weighted by molar-refractivity contribution is 6.08. The summed E-state index contributed by atoms with van der Waals surface area (Å²) in [6.07, 6.45) is -0.448.